The third-order valence-electron chi connectivity index (χ3n) is 3.02. The maximum Gasteiger partial charge on any atom is 0.469 e. The van der Waals surface area contributed by atoms with Gasteiger partial charge in [0.25, 0.3) is 0 Å². The largest absolute Gasteiger partial charge is 0.469 e. The molecule has 0 spiro atoms. The number of nitrogens with zero attached hydrogens (tertiary/aromatic N) is 1. The molecule has 5 atom stereocenters. The van der Waals surface area contributed by atoms with Crippen molar-refractivity contribution in [2.75, 3.05) is 20.3 Å². The quantitative estimate of drug-likeness (QED) is 0.130. The Bertz CT molecular complexity index is 431. The highest BCUT2D eigenvalue weighted by Gasteiger charge is 2.47. The Labute approximate surface area is 129 Å². The fourth-order valence-corrected chi connectivity index (χ4v) is 2.74. The molecule has 1 aliphatic heterocycles. The molecule has 22 heavy (non-hydrogen) atoms. The zero-order valence-corrected chi connectivity index (χ0v) is 13.3. The van der Waals surface area contributed by atoms with Crippen molar-refractivity contribution >= 4 is 21.6 Å². The van der Waals surface area contributed by atoms with Crippen LogP contribution in [-0.2, 0) is 23.3 Å². The molecule has 0 aromatic rings. The van der Waals surface area contributed by atoms with Crippen molar-refractivity contribution in [1.29, 1.82) is 0 Å². The summed E-state index contributed by atoms with van der Waals surface area (Å²) in [5.74, 6) is -0.0552. The van der Waals surface area contributed by atoms with Crippen molar-refractivity contribution in [3.05, 3.63) is 0 Å². The first kappa shape index (κ1) is 19.4. The number of phosphoric ester groups is 1. The molecule has 0 saturated carbocycles. The minimum atomic E-state index is -4.65. The van der Waals surface area contributed by atoms with Crippen LogP contribution in [0.4, 0.5) is 0 Å². The molecule has 2 radical (unpaired) electrons. The van der Waals surface area contributed by atoms with E-state index in [9.17, 15) is 4.57 Å². The predicted octanol–water partition coefficient (Wildman–Crippen LogP) is -1.95. The van der Waals surface area contributed by atoms with Gasteiger partial charge in [-0.1, -0.05) is 0 Å². The minimum absolute atomic E-state index is 0.0552. The average molecular weight is 337 g/mol. The SMILES string of the molecule is [B][C@@H]1O[C@H](C(C)OP(=O)(O)O)[C@@H](OC)[C@H]1OCCN=C(N)N. The van der Waals surface area contributed by atoms with Gasteiger partial charge >= 0.3 is 7.82 Å². The van der Waals surface area contributed by atoms with Crippen molar-refractivity contribution in [3.8, 4) is 0 Å². The molecule has 10 nitrogen and oxygen atoms in total. The first-order valence-electron chi connectivity index (χ1n) is 6.50. The summed E-state index contributed by atoms with van der Waals surface area (Å²) >= 11 is 0. The Hall–Kier alpha value is -0.675. The molecule has 126 valence electrons. The lowest BCUT2D eigenvalue weighted by Crippen LogP contribution is -2.41. The Morgan fingerprint density at radius 1 is 1.45 bits per heavy atom. The molecule has 1 unspecified atom stereocenters. The molecule has 6 N–H and O–H groups in total. The molecule has 1 heterocycles. The number of aliphatic imine (C=N–C) groups is 1. The van der Waals surface area contributed by atoms with Crippen LogP contribution in [0.1, 0.15) is 6.92 Å². The summed E-state index contributed by atoms with van der Waals surface area (Å²) in [5, 5.41) is 0. The smallest absolute Gasteiger partial charge is 0.376 e. The van der Waals surface area contributed by atoms with E-state index in [2.05, 4.69) is 9.52 Å². The lowest BCUT2D eigenvalue weighted by molar-refractivity contribution is -0.0683. The maximum atomic E-state index is 10.9. The van der Waals surface area contributed by atoms with Gasteiger partial charge in [0.1, 0.15) is 26.2 Å². The molecule has 1 fully saturated rings. The van der Waals surface area contributed by atoms with E-state index in [0.29, 0.717) is 0 Å². The molecule has 0 bridgehead atoms. The Balaban J connectivity index is 2.64. The van der Waals surface area contributed by atoms with Crippen LogP contribution >= 0.6 is 7.82 Å². The van der Waals surface area contributed by atoms with Crippen LogP contribution in [0.3, 0.4) is 0 Å². The number of rotatable bonds is 8. The second-order valence-electron chi connectivity index (χ2n) is 4.71. The van der Waals surface area contributed by atoms with Gasteiger partial charge in [-0.3, -0.25) is 9.52 Å². The molecular formula is C10H21BN3O7P. The zero-order valence-electron chi connectivity index (χ0n) is 12.4. The van der Waals surface area contributed by atoms with E-state index in [4.69, 9.17) is 43.3 Å². The topological polar surface area (TPSA) is 159 Å². The van der Waals surface area contributed by atoms with E-state index in [1.807, 2.05) is 0 Å². The van der Waals surface area contributed by atoms with E-state index in [1.54, 1.807) is 0 Å². The third kappa shape index (κ3) is 5.84. The summed E-state index contributed by atoms with van der Waals surface area (Å²) < 4.78 is 31.8. The van der Waals surface area contributed by atoms with Crippen LogP contribution in [0.5, 0.6) is 0 Å². The summed E-state index contributed by atoms with van der Waals surface area (Å²) in [7, 11) is 2.58. The van der Waals surface area contributed by atoms with E-state index in [0.717, 1.165) is 0 Å². The number of ether oxygens (including phenoxy) is 3. The summed E-state index contributed by atoms with van der Waals surface area (Å²) in [5.41, 5.74) is 10.4. The summed E-state index contributed by atoms with van der Waals surface area (Å²) in [6, 6.07) is -0.836. The van der Waals surface area contributed by atoms with Gasteiger partial charge in [0.15, 0.2) is 5.96 Å². The highest BCUT2D eigenvalue weighted by atomic mass is 31.2. The summed E-state index contributed by atoms with van der Waals surface area (Å²) in [4.78, 5) is 21.5. The molecule has 0 aromatic carbocycles. The van der Waals surface area contributed by atoms with Gasteiger partial charge in [0.2, 0.25) is 0 Å². The van der Waals surface area contributed by atoms with Gasteiger partial charge in [-0.2, -0.15) is 0 Å². The van der Waals surface area contributed by atoms with Crippen LogP contribution in [-0.4, -0.2) is 74.3 Å². The molecule has 0 aliphatic carbocycles. The normalized spacial score (nSPS) is 30.2. The molecule has 12 heteroatoms. The number of phosphoric acid groups is 1. The van der Waals surface area contributed by atoms with E-state index in [1.165, 1.54) is 14.0 Å². The van der Waals surface area contributed by atoms with Crippen LogP contribution in [0.15, 0.2) is 4.99 Å². The zero-order chi connectivity index (χ0) is 16.9. The van der Waals surface area contributed by atoms with Crippen molar-refractivity contribution in [2.45, 2.75) is 37.3 Å². The fourth-order valence-electron chi connectivity index (χ4n) is 2.19. The van der Waals surface area contributed by atoms with Gasteiger partial charge in [-0.15, -0.1) is 0 Å². The summed E-state index contributed by atoms with van der Waals surface area (Å²) in [6.45, 7) is 1.87. The number of nitrogens with two attached hydrogens (primary N) is 2. The van der Waals surface area contributed by atoms with Gasteiger partial charge in [-0.25, -0.2) is 4.57 Å². The van der Waals surface area contributed by atoms with Crippen molar-refractivity contribution in [1.82, 2.24) is 0 Å². The van der Waals surface area contributed by atoms with Gasteiger partial charge < -0.3 is 35.5 Å². The van der Waals surface area contributed by atoms with Crippen molar-refractivity contribution in [3.63, 3.8) is 0 Å². The van der Waals surface area contributed by atoms with Crippen molar-refractivity contribution < 1.29 is 33.1 Å². The first-order valence-corrected chi connectivity index (χ1v) is 8.03. The standard InChI is InChI=1S/C10H21BN3O7P/c1-5(21-22(15,16)17)6-7(18-2)8(9(11)20-6)19-4-3-14-10(12)13/h5-9H,3-4H2,1-2H3,(H4,12,13,14)(H2,15,16,17)/t5?,6-,7-,8-,9-/m1/s1. The van der Waals surface area contributed by atoms with Gasteiger partial charge in [-0.05, 0) is 6.92 Å². The van der Waals surface area contributed by atoms with Crippen LogP contribution in [0.25, 0.3) is 0 Å². The minimum Gasteiger partial charge on any atom is -0.376 e. The second-order valence-corrected chi connectivity index (χ2v) is 5.90. The Kier molecular flexibility index (Phi) is 7.27. The molecule has 1 saturated heterocycles. The third-order valence-corrected chi connectivity index (χ3v) is 3.63. The highest BCUT2D eigenvalue weighted by Crippen LogP contribution is 2.40. The number of methoxy groups -OCH3 is 1. The lowest BCUT2D eigenvalue weighted by atomic mass is 9.92. The van der Waals surface area contributed by atoms with Crippen LogP contribution in [0, 0.1) is 0 Å². The Morgan fingerprint density at radius 3 is 2.59 bits per heavy atom. The average Bonchev–Trinajstić information content (AvgIpc) is 2.69. The fraction of sp³-hybridized carbons (Fsp3) is 0.900. The molecule has 0 amide bonds. The number of hydrogen-bond donors (Lipinski definition) is 4. The summed E-state index contributed by atoms with van der Waals surface area (Å²) in [6.07, 6.45) is -3.04. The first-order chi connectivity index (χ1) is 10.2. The predicted molar refractivity (Wildman–Crippen MR) is 78.2 cm³/mol. The molecule has 0 aromatic heterocycles. The monoisotopic (exact) mass is 337 g/mol. The highest BCUT2D eigenvalue weighted by molar-refractivity contribution is 7.46. The van der Waals surface area contributed by atoms with Crippen LogP contribution in [0.2, 0.25) is 0 Å². The van der Waals surface area contributed by atoms with E-state index < -0.39 is 38.2 Å². The number of guanidine groups is 1. The van der Waals surface area contributed by atoms with E-state index >= 15 is 0 Å². The Morgan fingerprint density at radius 2 is 2.09 bits per heavy atom. The second kappa shape index (κ2) is 8.25. The molecule has 1 aliphatic rings. The molecule has 1 rings (SSSR count). The van der Waals surface area contributed by atoms with Gasteiger partial charge in [0, 0.05) is 13.1 Å². The van der Waals surface area contributed by atoms with E-state index in [-0.39, 0.29) is 19.1 Å². The number of hydrogen-bond acceptors (Lipinski definition) is 6. The van der Waals surface area contributed by atoms with Gasteiger partial charge in [0.05, 0.1) is 19.3 Å². The van der Waals surface area contributed by atoms with Crippen molar-refractivity contribution in [2.24, 2.45) is 16.5 Å². The molecular weight excluding hydrogens is 316 g/mol. The maximum absolute atomic E-state index is 10.9. The van der Waals surface area contributed by atoms with Crippen LogP contribution < -0.4 is 11.5 Å². The lowest BCUT2D eigenvalue weighted by Gasteiger charge is -2.26.